The maximum absolute atomic E-state index is 10.8. The van der Waals surface area contributed by atoms with E-state index in [1.807, 2.05) is 0 Å². The van der Waals surface area contributed by atoms with Crippen molar-refractivity contribution in [2.45, 2.75) is 6.54 Å². The molecule has 0 saturated heterocycles. The number of hydrogen-bond donors (Lipinski definition) is 1. The minimum Gasteiger partial charge on any atom is -0.379 e. The lowest BCUT2D eigenvalue weighted by Crippen LogP contribution is -2.01. The van der Waals surface area contributed by atoms with Gasteiger partial charge in [-0.05, 0) is 12.1 Å². The summed E-state index contributed by atoms with van der Waals surface area (Å²) in [4.78, 5) is 10.2. The zero-order valence-corrected chi connectivity index (χ0v) is 9.16. The van der Waals surface area contributed by atoms with Crippen molar-refractivity contribution in [2.75, 3.05) is 5.32 Å². The Morgan fingerprint density at radius 3 is 2.94 bits per heavy atom. The van der Waals surface area contributed by atoms with E-state index in [9.17, 15) is 10.1 Å². The molecule has 0 radical (unpaired) electrons. The molecule has 7 heteroatoms. The van der Waals surface area contributed by atoms with E-state index in [0.717, 1.165) is 0 Å². The molecule has 0 aliphatic heterocycles. The Morgan fingerprint density at radius 2 is 2.33 bits per heavy atom. The summed E-state index contributed by atoms with van der Waals surface area (Å²) in [5, 5.41) is 26.2. The predicted molar refractivity (Wildman–Crippen MR) is 61.6 cm³/mol. The van der Waals surface area contributed by atoms with Crippen LogP contribution in [0, 0.1) is 21.4 Å². The van der Waals surface area contributed by atoms with Gasteiger partial charge < -0.3 is 9.84 Å². The first-order valence-electron chi connectivity index (χ1n) is 5.02. The van der Waals surface area contributed by atoms with Gasteiger partial charge in [0.1, 0.15) is 23.6 Å². The molecule has 18 heavy (non-hydrogen) atoms. The van der Waals surface area contributed by atoms with Crippen LogP contribution in [0.25, 0.3) is 0 Å². The second-order valence-electron chi connectivity index (χ2n) is 3.45. The Labute approximate surface area is 102 Å². The molecule has 1 aromatic heterocycles. The SMILES string of the molecule is N#Cc1ccc(NCc2ccon2)cc1[N+](=O)[O-]. The fourth-order valence-electron chi connectivity index (χ4n) is 1.41. The Morgan fingerprint density at radius 1 is 1.50 bits per heavy atom. The van der Waals surface area contributed by atoms with Gasteiger partial charge in [-0.25, -0.2) is 0 Å². The summed E-state index contributed by atoms with van der Waals surface area (Å²) in [7, 11) is 0. The molecule has 1 aromatic carbocycles. The van der Waals surface area contributed by atoms with Gasteiger partial charge in [0.25, 0.3) is 5.69 Å². The van der Waals surface area contributed by atoms with Gasteiger partial charge in [0, 0.05) is 17.8 Å². The third kappa shape index (κ3) is 2.44. The molecule has 0 aliphatic rings. The lowest BCUT2D eigenvalue weighted by atomic mass is 10.2. The Bertz CT molecular complexity index is 601. The van der Waals surface area contributed by atoms with E-state index >= 15 is 0 Å². The number of nitrogens with zero attached hydrogens (tertiary/aromatic N) is 3. The van der Waals surface area contributed by atoms with Crippen molar-refractivity contribution in [3.8, 4) is 6.07 Å². The third-order valence-electron chi connectivity index (χ3n) is 2.28. The van der Waals surface area contributed by atoms with Gasteiger partial charge in [0.05, 0.1) is 11.5 Å². The van der Waals surface area contributed by atoms with Crippen LogP contribution in [0.15, 0.2) is 35.1 Å². The highest BCUT2D eigenvalue weighted by molar-refractivity contribution is 5.59. The van der Waals surface area contributed by atoms with Gasteiger partial charge in [-0.1, -0.05) is 5.16 Å². The normalized spacial score (nSPS) is 9.72. The quantitative estimate of drug-likeness (QED) is 0.651. The van der Waals surface area contributed by atoms with E-state index in [4.69, 9.17) is 5.26 Å². The van der Waals surface area contributed by atoms with Crippen molar-refractivity contribution in [2.24, 2.45) is 0 Å². The van der Waals surface area contributed by atoms with Crippen LogP contribution in [-0.2, 0) is 6.54 Å². The van der Waals surface area contributed by atoms with Crippen LogP contribution >= 0.6 is 0 Å². The largest absolute Gasteiger partial charge is 0.379 e. The molecule has 0 spiro atoms. The zero-order chi connectivity index (χ0) is 13.0. The molecule has 0 amide bonds. The highest BCUT2D eigenvalue weighted by atomic mass is 16.6. The Hall–Kier alpha value is -2.88. The summed E-state index contributed by atoms with van der Waals surface area (Å²) in [5.74, 6) is 0. The van der Waals surface area contributed by atoms with Gasteiger partial charge >= 0.3 is 0 Å². The number of anilines is 1. The van der Waals surface area contributed by atoms with Gasteiger partial charge in [0.2, 0.25) is 0 Å². The fraction of sp³-hybridized carbons (Fsp3) is 0.0909. The monoisotopic (exact) mass is 244 g/mol. The number of hydrogen-bond acceptors (Lipinski definition) is 6. The molecule has 2 rings (SSSR count). The summed E-state index contributed by atoms with van der Waals surface area (Å²) in [6.45, 7) is 0.388. The average Bonchev–Trinajstić information content (AvgIpc) is 2.89. The summed E-state index contributed by atoms with van der Waals surface area (Å²) in [6.07, 6.45) is 1.44. The second-order valence-corrected chi connectivity index (χ2v) is 3.45. The van der Waals surface area contributed by atoms with Crippen LogP contribution < -0.4 is 5.32 Å². The fourth-order valence-corrected chi connectivity index (χ4v) is 1.41. The second kappa shape index (κ2) is 4.97. The van der Waals surface area contributed by atoms with Crippen molar-refractivity contribution >= 4 is 11.4 Å². The number of aromatic nitrogens is 1. The minimum atomic E-state index is -0.583. The molecule has 0 aliphatic carbocycles. The maximum Gasteiger partial charge on any atom is 0.289 e. The van der Waals surface area contributed by atoms with Gasteiger partial charge in [-0.15, -0.1) is 0 Å². The molecule has 0 bridgehead atoms. The first kappa shape index (κ1) is 11.6. The topological polar surface area (TPSA) is 105 Å². The van der Waals surface area contributed by atoms with E-state index < -0.39 is 4.92 Å². The molecular formula is C11H8N4O3. The van der Waals surface area contributed by atoms with Crippen molar-refractivity contribution in [3.63, 3.8) is 0 Å². The zero-order valence-electron chi connectivity index (χ0n) is 9.16. The lowest BCUT2D eigenvalue weighted by molar-refractivity contribution is -0.385. The molecule has 0 fully saturated rings. The highest BCUT2D eigenvalue weighted by Gasteiger charge is 2.14. The molecule has 7 nitrogen and oxygen atoms in total. The first-order chi connectivity index (χ1) is 8.70. The molecule has 0 unspecified atom stereocenters. The average molecular weight is 244 g/mol. The predicted octanol–water partition coefficient (Wildman–Crippen LogP) is 2.07. The number of nitro groups is 1. The number of nitrogens with one attached hydrogen (secondary N) is 1. The summed E-state index contributed by atoms with van der Waals surface area (Å²) >= 11 is 0. The summed E-state index contributed by atoms with van der Waals surface area (Å²) in [6, 6.07) is 7.79. The van der Waals surface area contributed by atoms with E-state index in [1.54, 1.807) is 18.2 Å². The van der Waals surface area contributed by atoms with E-state index in [0.29, 0.717) is 17.9 Å². The van der Waals surface area contributed by atoms with E-state index in [-0.39, 0.29) is 11.3 Å². The standard InChI is InChI=1S/C11H8N4O3/c12-6-8-1-2-9(5-11(8)15(16)17)13-7-10-3-4-18-14-10/h1-5,13H,7H2. The molecule has 0 saturated carbocycles. The summed E-state index contributed by atoms with van der Waals surface area (Å²) in [5.41, 5.74) is 1.04. The van der Waals surface area contributed by atoms with E-state index in [2.05, 4.69) is 15.0 Å². The van der Waals surface area contributed by atoms with Gasteiger partial charge in [0.15, 0.2) is 0 Å². The summed E-state index contributed by atoms with van der Waals surface area (Å²) < 4.78 is 4.66. The van der Waals surface area contributed by atoms with Crippen molar-refractivity contribution in [1.82, 2.24) is 5.16 Å². The van der Waals surface area contributed by atoms with Crippen LogP contribution in [0.5, 0.6) is 0 Å². The number of benzene rings is 1. The highest BCUT2D eigenvalue weighted by Crippen LogP contribution is 2.22. The minimum absolute atomic E-state index is 0.0342. The molecular weight excluding hydrogens is 236 g/mol. The maximum atomic E-state index is 10.8. The Balaban J connectivity index is 2.17. The van der Waals surface area contributed by atoms with Crippen LogP contribution in [0.1, 0.15) is 11.3 Å². The molecule has 0 atom stereocenters. The van der Waals surface area contributed by atoms with Crippen LogP contribution in [0.3, 0.4) is 0 Å². The molecule has 1 N–H and O–H groups in total. The molecule has 90 valence electrons. The number of nitriles is 1. The van der Waals surface area contributed by atoms with Gasteiger partial charge in [-0.2, -0.15) is 5.26 Å². The first-order valence-corrected chi connectivity index (χ1v) is 5.02. The van der Waals surface area contributed by atoms with Crippen LogP contribution in [0.4, 0.5) is 11.4 Å². The van der Waals surface area contributed by atoms with Crippen LogP contribution in [0.2, 0.25) is 0 Å². The molecule has 2 aromatic rings. The van der Waals surface area contributed by atoms with Gasteiger partial charge in [-0.3, -0.25) is 10.1 Å². The van der Waals surface area contributed by atoms with Crippen molar-refractivity contribution < 1.29 is 9.45 Å². The Kier molecular flexibility index (Phi) is 3.20. The van der Waals surface area contributed by atoms with Crippen molar-refractivity contribution in [1.29, 1.82) is 5.26 Å². The smallest absolute Gasteiger partial charge is 0.289 e. The van der Waals surface area contributed by atoms with Crippen molar-refractivity contribution in [3.05, 3.63) is 51.9 Å². The van der Waals surface area contributed by atoms with E-state index in [1.165, 1.54) is 18.4 Å². The number of nitro benzene ring substituents is 1. The molecule has 1 heterocycles. The third-order valence-corrected chi connectivity index (χ3v) is 2.28. The lowest BCUT2D eigenvalue weighted by Gasteiger charge is -2.04. The van der Waals surface area contributed by atoms with Crippen LogP contribution in [-0.4, -0.2) is 10.1 Å². The number of rotatable bonds is 4.